The fourth-order valence-electron chi connectivity index (χ4n) is 1.45. The molecule has 0 aliphatic heterocycles. The second-order valence-electron chi connectivity index (χ2n) is 3.70. The SMILES string of the molecule is Cc1occc1-c1nnc(SCC[NH2+]CCO)o1. The van der Waals surface area contributed by atoms with Crippen molar-refractivity contribution in [2.24, 2.45) is 0 Å². The molecule has 0 saturated heterocycles. The summed E-state index contributed by atoms with van der Waals surface area (Å²) in [7, 11) is 0. The lowest BCUT2D eigenvalue weighted by Crippen LogP contribution is -2.85. The van der Waals surface area contributed by atoms with Crippen LogP contribution in [0.25, 0.3) is 11.5 Å². The smallest absolute Gasteiger partial charge is 0.277 e. The molecule has 0 aromatic carbocycles. The van der Waals surface area contributed by atoms with Gasteiger partial charge >= 0.3 is 0 Å². The van der Waals surface area contributed by atoms with Crippen molar-refractivity contribution in [3.05, 3.63) is 18.1 Å². The van der Waals surface area contributed by atoms with Crippen molar-refractivity contribution in [3.8, 4) is 11.5 Å². The van der Waals surface area contributed by atoms with Crippen LogP contribution < -0.4 is 5.32 Å². The van der Waals surface area contributed by atoms with Gasteiger partial charge in [-0.2, -0.15) is 0 Å². The third-order valence-corrected chi connectivity index (χ3v) is 3.23. The number of thioether (sulfide) groups is 1. The van der Waals surface area contributed by atoms with Crippen molar-refractivity contribution in [2.45, 2.75) is 12.1 Å². The van der Waals surface area contributed by atoms with E-state index in [0.717, 1.165) is 30.2 Å². The Balaban J connectivity index is 1.85. The van der Waals surface area contributed by atoms with Crippen molar-refractivity contribution in [1.29, 1.82) is 0 Å². The van der Waals surface area contributed by atoms with Crippen LogP contribution in [0.4, 0.5) is 0 Å². The average molecular weight is 270 g/mol. The Morgan fingerprint density at radius 2 is 2.28 bits per heavy atom. The van der Waals surface area contributed by atoms with E-state index < -0.39 is 0 Å². The standard InChI is InChI=1S/C11H15N3O3S/c1-8-9(2-6-16-8)10-13-14-11(17-10)18-7-4-12-3-5-15/h2,6,12,15H,3-5,7H2,1H3/p+1. The zero-order valence-electron chi connectivity index (χ0n) is 10.1. The number of nitrogens with two attached hydrogens (primary N) is 1. The fourth-order valence-corrected chi connectivity index (χ4v) is 2.14. The van der Waals surface area contributed by atoms with Gasteiger partial charge in [0.2, 0.25) is 0 Å². The van der Waals surface area contributed by atoms with E-state index in [0.29, 0.717) is 11.1 Å². The summed E-state index contributed by atoms with van der Waals surface area (Å²) >= 11 is 1.51. The van der Waals surface area contributed by atoms with E-state index >= 15 is 0 Å². The van der Waals surface area contributed by atoms with Crippen molar-refractivity contribution < 1.29 is 19.3 Å². The first-order chi connectivity index (χ1) is 8.81. The third kappa shape index (κ3) is 3.34. The predicted octanol–water partition coefficient (Wildman–Crippen LogP) is 0.286. The number of hydrogen-bond donors (Lipinski definition) is 2. The molecule has 2 heterocycles. The Hall–Kier alpha value is -1.31. The zero-order chi connectivity index (χ0) is 12.8. The molecule has 0 fully saturated rings. The number of rotatable bonds is 7. The summed E-state index contributed by atoms with van der Waals surface area (Å²) in [6.45, 7) is 3.70. The van der Waals surface area contributed by atoms with E-state index in [9.17, 15) is 0 Å². The van der Waals surface area contributed by atoms with Gasteiger partial charge in [-0.05, 0) is 13.0 Å². The van der Waals surface area contributed by atoms with Gasteiger partial charge in [0.05, 0.1) is 37.3 Å². The van der Waals surface area contributed by atoms with Crippen LogP contribution in [-0.4, -0.2) is 40.8 Å². The van der Waals surface area contributed by atoms with Gasteiger partial charge in [-0.1, -0.05) is 11.8 Å². The van der Waals surface area contributed by atoms with E-state index in [2.05, 4.69) is 10.2 Å². The molecule has 0 spiro atoms. The fraction of sp³-hybridized carbons (Fsp3) is 0.455. The monoisotopic (exact) mass is 270 g/mol. The highest BCUT2D eigenvalue weighted by atomic mass is 32.2. The first-order valence-corrected chi connectivity index (χ1v) is 6.73. The summed E-state index contributed by atoms with van der Waals surface area (Å²) in [5, 5.41) is 19.2. The Kier molecular flexibility index (Phi) is 4.80. The van der Waals surface area contributed by atoms with Crippen LogP contribution in [0.2, 0.25) is 0 Å². The molecule has 0 aliphatic rings. The van der Waals surface area contributed by atoms with Gasteiger partial charge in [0.1, 0.15) is 5.76 Å². The molecule has 6 nitrogen and oxygen atoms in total. The summed E-state index contributed by atoms with van der Waals surface area (Å²) in [5.41, 5.74) is 0.834. The summed E-state index contributed by atoms with van der Waals surface area (Å²) in [6, 6.07) is 1.81. The molecule has 0 saturated carbocycles. The van der Waals surface area contributed by atoms with Gasteiger partial charge in [0, 0.05) is 0 Å². The molecule has 0 amide bonds. The van der Waals surface area contributed by atoms with Crippen LogP contribution >= 0.6 is 11.8 Å². The number of quaternary nitrogens is 1. The molecule has 3 N–H and O–H groups in total. The third-order valence-electron chi connectivity index (χ3n) is 2.38. The lowest BCUT2D eigenvalue weighted by Gasteiger charge is -1.96. The average Bonchev–Trinajstić information content (AvgIpc) is 2.97. The number of aryl methyl sites for hydroxylation is 1. The zero-order valence-corrected chi connectivity index (χ0v) is 10.9. The number of aromatic nitrogens is 2. The topological polar surface area (TPSA) is 88.9 Å². The van der Waals surface area contributed by atoms with E-state index in [1.54, 1.807) is 6.26 Å². The van der Waals surface area contributed by atoms with Crippen molar-refractivity contribution >= 4 is 11.8 Å². The number of furan rings is 1. The van der Waals surface area contributed by atoms with Gasteiger partial charge in [-0.25, -0.2) is 0 Å². The first kappa shape index (κ1) is 13.1. The molecule has 98 valence electrons. The molecule has 0 radical (unpaired) electrons. The van der Waals surface area contributed by atoms with Crippen LogP contribution in [0.5, 0.6) is 0 Å². The minimum atomic E-state index is 0.204. The number of aliphatic hydroxyl groups excluding tert-OH is 1. The number of hydrogen-bond acceptors (Lipinski definition) is 6. The minimum Gasteiger partial charge on any atom is -0.469 e. The maximum absolute atomic E-state index is 8.63. The van der Waals surface area contributed by atoms with Crippen molar-refractivity contribution in [1.82, 2.24) is 10.2 Å². The lowest BCUT2D eigenvalue weighted by molar-refractivity contribution is -0.651. The molecule has 0 atom stereocenters. The van der Waals surface area contributed by atoms with E-state index in [1.165, 1.54) is 11.8 Å². The minimum absolute atomic E-state index is 0.204. The molecule has 2 rings (SSSR count). The highest BCUT2D eigenvalue weighted by Gasteiger charge is 2.13. The van der Waals surface area contributed by atoms with Crippen molar-refractivity contribution in [2.75, 3.05) is 25.4 Å². The Labute approximate surface area is 109 Å². The van der Waals surface area contributed by atoms with Crippen LogP contribution in [0.3, 0.4) is 0 Å². The van der Waals surface area contributed by atoms with Gasteiger partial charge in [-0.3, -0.25) is 0 Å². The molecule has 0 aliphatic carbocycles. The van der Waals surface area contributed by atoms with Crippen LogP contribution in [0.15, 0.2) is 26.4 Å². The van der Waals surface area contributed by atoms with Crippen LogP contribution in [0.1, 0.15) is 5.76 Å². The highest BCUT2D eigenvalue weighted by molar-refractivity contribution is 7.99. The molecule has 0 bridgehead atoms. The summed E-state index contributed by atoms with van der Waals surface area (Å²) in [5.74, 6) is 2.13. The maximum atomic E-state index is 8.63. The van der Waals surface area contributed by atoms with Gasteiger partial charge in [-0.15, -0.1) is 10.2 Å². The van der Waals surface area contributed by atoms with Crippen molar-refractivity contribution in [3.63, 3.8) is 0 Å². The normalized spacial score (nSPS) is 11.0. The second-order valence-corrected chi connectivity index (χ2v) is 4.75. The van der Waals surface area contributed by atoms with E-state index in [-0.39, 0.29) is 6.61 Å². The molecule has 7 heteroatoms. The number of nitrogens with zero attached hydrogens (tertiary/aromatic N) is 2. The molecular weight excluding hydrogens is 254 g/mol. The lowest BCUT2D eigenvalue weighted by atomic mass is 10.3. The molecule has 0 unspecified atom stereocenters. The van der Waals surface area contributed by atoms with E-state index in [4.69, 9.17) is 13.9 Å². The Morgan fingerprint density at radius 1 is 1.39 bits per heavy atom. The molecule has 2 aromatic rings. The summed E-state index contributed by atoms with van der Waals surface area (Å²) < 4.78 is 10.7. The quantitative estimate of drug-likeness (QED) is 0.555. The van der Waals surface area contributed by atoms with Gasteiger partial charge < -0.3 is 19.3 Å². The van der Waals surface area contributed by atoms with Crippen LogP contribution in [0, 0.1) is 6.92 Å². The molecular formula is C11H16N3O3S+. The van der Waals surface area contributed by atoms with Gasteiger partial charge in [0.25, 0.3) is 11.1 Å². The highest BCUT2D eigenvalue weighted by Crippen LogP contribution is 2.25. The first-order valence-electron chi connectivity index (χ1n) is 5.74. The Bertz CT molecular complexity index is 483. The van der Waals surface area contributed by atoms with E-state index in [1.807, 2.05) is 18.3 Å². The molecule has 18 heavy (non-hydrogen) atoms. The largest absolute Gasteiger partial charge is 0.469 e. The summed E-state index contributed by atoms with van der Waals surface area (Å²) in [4.78, 5) is 0. The predicted molar refractivity (Wildman–Crippen MR) is 66.2 cm³/mol. The van der Waals surface area contributed by atoms with Crippen LogP contribution in [-0.2, 0) is 0 Å². The second kappa shape index (κ2) is 6.58. The molecule has 2 aromatic heterocycles. The van der Waals surface area contributed by atoms with Gasteiger partial charge in [0.15, 0.2) is 0 Å². The number of aliphatic hydroxyl groups is 1. The summed E-state index contributed by atoms with van der Waals surface area (Å²) in [6.07, 6.45) is 1.60. The maximum Gasteiger partial charge on any atom is 0.277 e. The Morgan fingerprint density at radius 3 is 3.00 bits per heavy atom.